The predicted molar refractivity (Wildman–Crippen MR) is 71.3 cm³/mol. The molecule has 2 N–H and O–H groups in total. The van der Waals surface area contributed by atoms with Gasteiger partial charge in [-0.3, -0.25) is 0 Å². The van der Waals surface area contributed by atoms with Crippen LogP contribution in [0.5, 0.6) is 0 Å². The van der Waals surface area contributed by atoms with Gasteiger partial charge in [-0.1, -0.05) is 24.3 Å². The standard InChI is InChI=1S/C14H16N2O2/c1-14(2,3)18-13(17)11-8-9-6-4-5-7-10(9)12(15)16-11/h4-8H,1-3H3,(H2,15,16). The first kappa shape index (κ1) is 12.4. The molecule has 0 saturated carbocycles. The minimum absolute atomic E-state index is 0.237. The minimum atomic E-state index is -0.542. The molecule has 0 saturated heterocycles. The first-order valence-electron chi connectivity index (χ1n) is 5.75. The molecule has 0 aliphatic carbocycles. The van der Waals surface area contributed by atoms with Gasteiger partial charge in [-0.2, -0.15) is 0 Å². The van der Waals surface area contributed by atoms with E-state index in [-0.39, 0.29) is 5.69 Å². The Bertz CT molecular complexity index is 600. The van der Waals surface area contributed by atoms with E-state index in [0.717, 1.165) is 10.8 Å². The summed E-state index contributed by atoms with van der Waals surface area (Å²) in [6.45, 7) is 5.44. The van der Waals surface area contributed by atoms with Crippen molar-refractivity contribution < 1.29 is 9.53 Å². The zero-order chi connectivity index (χ0) is 13.3. The lowest BCUT2D eigenvalue weighted by molar-refractivity contribution is 0.00632. The molecule has 0 atom stereocenters. The van der Waals surface area contributed by atoms with Crippen molar-refractivity contribution in [2.45, 2.75) is 26.4 Å². The van der Waals surface area contributed by atoms with Crippen LogP contribution in [-0.4, -0.2) is 16.6 Å². The number of carbonyl (C=O) groups excluding carboxylic acids is 1. The van der Waals surface area contributed by atoms with E-state index in [2.05, 4.69) is 4.98 Å². The molecule has 0 aliphatic rings. The number of ether oxygens (including phenoxy) is 1. The number of aromatic nitrogens is 1. The van der Waals surface area contributed by atoms with Gasteiger partial charge >= 0.3 is 5.97 Å². The van der Waals surface area contributed by atoms with Gasteiger partial charge in [0.25, 0.3) is 0 Å². The number of esters is 1. The van der Waals surface area contributed by atoms with Crippen molar-refractivity contribution in [1.82, 2.24) is 4.98 Å². The number of nitrogens with zero attached hydrogens (tertiary/aromatic N) is 1. The molecule has 94 valence electrons. The topological polar surface area (TPSA) is 65.2 Å². The van der Waals surface area contributed by atoms with E-state index in [9.17, 15) is 4.79 Å². The maximum Gasteiger partial charge on any atom is 0.357 e. The average Bonchev–Trinajstić information content (AvgIpc) is 2.26. The Balaban J connectivity index is 2.44. The number of carbonyl (C=O) groups is 1. The maximum absolute atomic E-state index is 11.9. The fourth-order valence-corrected chi connectivity index (χ4v) is 1.66. The molecule has 0 spiro atoms. The van der Waals surface area contributed by atoms with Gasteiger partial charge in [0.15, 0.2) is 5.69 Å². The van der Waals surface area contributed by atoms with E-state index in [4.69, 9.17) is 10.5 Å². The summed E-state index contributed by atoms with van der Waals surface area (Å²) in [6, 6.07) is 9.23. The molecule has 4 heteroatoms. The molecule has 2 aromatic rings. The summed E-state index contributed by atoms with van der Waals surface area (Å²) in [5.41, 5.74) is 5.53. The lowest BCUT2D eigenvalue weighted by Crippen LogP contribution is -2.24. The number of hydrogen-bond donors (Lipinski definition) is 1. The van der Waals surface area contributed by atoms with Gasteiger partial charge in [-0.05, 0) is 32.2 Å². The highest BCUT2D eigenvalue weighted by atomic mass is 16.6. The van der Waals surface area contributed by atoms with Crippen LogP contribution in [0, 0.1) is 0 Å². The molecule has 18 heavy (non-hydrogen) atoms. The number of benzene rings is 1. The lowest BCUT2D eigenvalue weighted by Gasteiger charge is -2.19. The van der Waals surface area contributed by atoms with Crippen molar-refractivity contribution in [2.24, 2.45) is 0 Å². The highest BCUT2D eigenvalue weighted by Gasteiger charge is 2.19. The molecule has 0 fully saturated rings. The van der Waals surface area contributed by atoms with E-state index < -0.39 is 11.6 Å². The first-order chi connectivity index (χ1) is 8.37. The average molecular weight is 244 g/mol. The summed E-state index contributed by atoms with van der Waals surface area (Å²) < 4.78 is 5.27. The van der Waals surface area contributed by atoms with Crippen LogP contribution in [0.1, 0.15) is 31.3 Å². The number of fused-ring (bicyclic) bond motifs is 1. The molecule has 0 amide bonds. The molecule has 1 heterocycles. The molecule has 4 nitrogen and oxygen atoms in total. The summed E-state index contributed by atoms with van der Waals surface area (Å²) in [5.74, 6) is -0.117. The molecule has 0 unspecified atom stereocenters. The van der Waals surface area contributed by atoms with Gasteiger partial charge in [0.2, 0.25) is 0 Å². The smallest absolute Gasteiger partial charge is 0.357 e. The Morgan fingerprint density at radius 3 is 2.61 bits per heavy atom. The monoisotopic (exact) mass is 244 g/mol. The third-order valence-electron chi connectivity index (χ3n) is 2.38. The number of anilines is 1. The van der Waals surface area contributed by atoms with E-state index >= 15 is 0 Å². The third-order valence-corrected chi connectivity index (χ3v) is 2.38. The Morgan fingerprint density at radius 1 is 1.28 bits per heavy atom. The summed E-state index contributed by atoms with van der Waals surface area (Å²) in [4.78, 5) is 16.0. The summed E-state index contributed by atoms with van der Waals surface area (Å²) >= 11 is 0. The van der Waals surface area contributed by atoms with Crippen LogP contribution in [0.4, 0.5) is 5.82 Å². The van der Waals surface area contributed by atoms with Crippen LogP contribution in [0.25, 0.3) is 10.8 Å². The second kappa shape index (κ2) is 4.29. The molecular formula is C14H16N2O2. The Kier molecular flexibility index (Phi) is 2.95. The third kappa shape index (κ3) is 2.59. The summed E-state index contributed by atoms with van der Waals surface area (Å²) in [5, 5.41) is 1.72. The van der Waals surface area contributed by atoms with Crippen LogP contribution in [-0.2, 0) is 4.74 Å². The molecule has 0 radical (unpaired) electrons. The molecule has 1 aromatic heterocycles. The van der Waals surface area contributed by atoms with Crippen LogP contribution < -0.4 is 5.73 Å². The van der Waals surface area contributed by atoms with E-state index in [1.54, 1.807) is 6.07 Å². The van der Waals surface area contributed by atoms with Crippen molar-refractivity contribution in [3.63, 3.8) is 0 Å². The number of pyridine rings is 1. The number of nitrogen functional groups attached to an aromatic ring is 1. The van der Waals surface area contributed by atoms with Gasteiger partial charge in [0.05, 0.1) is 0 Å². The number of hydrogen-bond acceptors (Lipinski definition) is 4. The zero-order valence-corrected chi connectivity index (χ0v) is 10.7. The van der Waals surface area contributed by atoms with Gasteiger partial charge in [-0.25, -0.2) is 9.78 Å². The Hall–Kier alpha value is -2.10. The van der Waals surface area contributed by atoms with Crippen LogP contribution in [0.2, 0.25) is 0 Å². The predicted octanol–water partition coefficient (Wildman–Crippen LogP) is 2.77. The molecular weight excluding hydrogens is 228 g/mol. The zero-order valence-electron chi connectivity index (χ0n) is 10.7. The quantitative estimate of drug-likeness (QED) is 0.783. The first-order valence-corrected chi connectivity index (χ1v) is 5.75. The highest BCUT2D eigenvalue weighted by Crippen LogP contribution is 2.21. The molecule has 1 aromatic carbocycles. The Morgan fingerprint density at radius 2 is 1.94 bits per heavy atom. The number of nitrogens with two attached hydrogens (primary N) is 1. The van der Waals surface area contributed by atoms with Crippen LogP contribution in [0.3, 0.4) is 0 Å². The summed E-state index contributed by atoms with van der Waals surface area (Å²) in [6.07, 6.45) is 0. The second-order valence-electron chi connectivity index (χ2n) is 5.12. The highest BCUT2D eigenvalue weighted by molar-refractivity contribution is 5.97. The maximum atomic E-state index is 11.9. The van der Waals surface area contributed by atoms with Gasteiger partial charge in [-0.15, -0.1) is 0 Å². The fourth-order valence-electron chi connectivity index (χ4n) is 1.66. The van der Waals surface area contributed by atoms with E-state index in [0.29, 0.717) is 5.82 Å². The minimum Gasteiger partial charge on any atom is -0.455 e. The molecule has 2 rings (SSSR count). The SMILES string of the molecule is CC(C)(C)OC(=O)c1cc2ccccc2c(N)n1. The number of rotatable bonds is 1. The van der Waals surface area contributed by atoms with Gasteiger partial charge < -0.3 is 10.5 Å². The normalized spacial score (nSPS) is 11.5. The van der Waals surface area contributed by atoms with Gasteiger partial charge in [0, 0.05) is 5.39 Å². The van der Waals surface area contributed by atoms with Crippen LogP contribution >= 0.6 is 0 Å². The van der Waals surface area contributed by atoms with Crippen molar-refractivity contribution in [3.8, 4) is 0 Å². The lowest BCUT2D eigenvalue weighted by atomic mass is 10.1. The van der Waals surface area contributed by atoms with Crippen molar-refractivity contribution >= 4 is 22.6 Å². The van der Waals surface area contributed by atoms with E-state index in [1.165, 1.54) is 0 Å². The Labute approximate surface area is 106 Å². The summed E-state index contributed by atoms with van der Waals surface area (Å²) in [7, 11) is 0. The molecule has 0 bridgehead atoms. The van der Waals surface area contributed by atoms with Crippen molar-refractivity contribution in [3.05, 3.63) is 36.0 Å². The van der Waals surface area contributed by atoms with E-state index in [1.807, 2.05) is 45.0 Å². The molecule has 0 aliphatic heterocycles. The fraction of sp³-hybridized carbons (Fsp3) is 0.286. The van der Waals surface area contributed by atoms with Crippen LogP contribution in [0.15, 0.2) is 30.3 Å². The second-order valence-corrected chi connectivity index (χ2v) is 5.12. The van der Waals surface area contributed by atoms with Crippen molar-refractivity contribution in [2.75, 3.05) is 5.73 Å². The largest absolute Gasteiger partial charge is 0.455 e. The van der Waals surface area contributed by atoms with Crippen molar-refractivity contribution in [1.29, 1.82) is 0 Å². The van der Waals surface area contributed by atoms with Gasteiger partial charge in [0.1, 0.15) is 11.4 Å².